The van der Waals surface area contributed by atoms with E-state index < -0.39 is 5.97 Å². The van der Waals surface area contributed by atoms with E-state index in [1.54, 1.807) is 48.7 Å². The molecule has 2 aromatic carbocycles. The van der Waals surface area contributed by atoms with Gasteiger partial charge in [0.25, 0.3) is 0 Å². The van der Waals surface area contributed by atoms with E-state index in [0.717, 1.165) is 22.5 Å². The second kappa shape index (κ2) is 8.64. The summed E-state index contributed by atoms with van der Waals surface area (Å²) in [6.45, 7) is 1.86. The van der Waals surface area contributed by atoms with E-state index in [9.17, 15) is 15.0 Å². The van der Waals surface area contributed by atoms with Gasteiger partial charge < -0.3 is 24.8 Å². The van der Waals surface area contributed by atoms with Crippen LogP contribution in [0.2, 0.25) is 0 Å². The number of hydrogen-bond acceptors (Lipinski definition) is 5. The van der Waals surface area contributed by atoms with Gasteiger partial charge in [-0.1, -0.05) is 12.1 Å². The van der Waals surface area contributed by atoms with Crippen LogP contribution in [-0.2, 0) is 0 Å². The second-order valence-corrected chi connectivity index (χ2v) is 8.44. The molecule has 0 saturated carbocycles. The van der Waals surface area contributed by atoms with Crippen molar-refractivity contribution in [2.45, 2.75) is 19.0 Å². The number of aromatic hydroxyl groups is 1. The highest BCUT2D eigenvalue weighted by Crippen LogP contribution is 2.43. The summed E-state index contributed by atoms with van der Waals surface area (Å²) in [6, 6.07) is 20.7. The summed E-state index contributed by atoms with van der Waals surface area (Å²) in [6.07, 6.45) is 1.74. The molecule has 0 radical (unpaired) electrons. The number of phenols is 1. The fraction of sp³-hybridized carbons (Fsp3) is 0.115. The van der Waals surface area contributed by atoms with Gasteiger partial charge in [0.05, 0.1) is 17.3 Å². The van der Waals surface area contributed by atoms with Crippen LogP contribution in [0, 0.1) is 6.92 Å². The van der Waals surface area contributed by atoms with Crippen LogP contribution in [0.1, 0.15) is 39.5 Å². The highest BCUT2D eigenvalue weighted by atomic mass is 32.1. The third-order valence-electron chi connectivity index (χ3n) is 5.88. The van der Waals surface area contributed by atoms with E-state index in [1.165, 1.54) is 0 Å². The van der Waals surface area contributed by atoms with Gasteiger partial charge >= 0.3 is 5.97 Å². The SMILES string of the molecule is Cc1cc(C(=O)O)ccc1-c1ccc([C@H]2[C@H](c3ccccn3)NC(=S)N2c2ccc(O)cc2)o1. The Labute approximate surface area is 201 Å². The Kier molecular flexibility index (Phi) is 5.51. The van der Waals surface area contributed by atoms with E-state index in [4.69, 9.17) is 16.6 Å². The summed E-state index contributed by atoms with van der Waals surface area (Å²) in [7, 11) is 0. The number of benzene rings is 2. The summed E-state index contributed by atoms with van der Waals surface area (Å²) < 4.78 is 6.34. The van der Waals surface area contributed by atoms with Gasteiger partial charge in [-0.3, -0.25) is 4.98 Å². The lowest BCUT2D eigenvalue weighted by molar-refractivity contribution is 0.0696. The first kappa shape index (κ1) is 21.7. The third-order valence-corrected chi connectivity index (χ3v) is 6.20. The largest absolute Gasteiger partial charge is 0.508 e. The molecule has 5 rings (SSSR count). The van der Waals surface area contributed by atoms with Gasteiger partial charge in [0.2, 0.25) is 0 Å². The summed E-state index contributed by atoms with van der Waals surface area (Å²) in [4.78, 5) is 17.8. The number of thiocarbonyl (C=S) groups is 1. The number of aryl methyl sites for hydroxylation is 1. The smallest absolute Gasteiger partial charge is 0.335 e. The van der Waals surface area contributed by atoms with E-state index in [-0.39, 0.29) is 23.4 Å². The molecule has 0 spiro atoms. The van der Waals surface area contributed by atoms with Gasteiger partial charge in [-0.2, -0.15) is 0 Å². The molecule has 2 aromatic heterocycles. The van der Waals surface area contributed by atoms with Gasteiger partial charge in [0.15, 0.2) is 5.11 Å². The Balaban J connectivity index is 1.58. The van der Waals surface area contributed by atoms with Crippen LogP contribution in [0.5, 0.6) is 5.75 Å². The van der Waals surface area contributed by atoms with Crippen LogP contribution in [0.4, 0.5) is 5.69 Å². The molecule has 3 N–H and O–H groups in total. The summed E-state index contributed by atoms with van der Waals surface area (Å²) >= 11 is 5.70. The Bertz CT molecular complexity index is 1370. The van der Waals surface area contributed by atoms with Crippen molar-refractivity contribution in [3.05, 3.63) is 102 Å². The van der Waals surface area contributed by atoms with Crippen molar-refractivity contribution in [1.82, 2.24) is 10.3 Å². The number of rotatable bonds is 5. The van der Waals surface area contributed by atoms with Gasteiger partial charge in [0, 0.05) is 17.4 Å². The fourth-order valence-electron chi connectivity index (χ4n) is 4.26. The second-order valence-electron chi connectivity index (χ2n) is 8.05. The van der Waals surface area contributed by atoms with E-state index in [1.807, 2.05) is 42.2 Å². The monoisotopic (exact) mass is 471 g/mol. The Morgan fingerprint density at radius 2 is 1.88 bits per heavy atom. The maximum absolute atomic E-state index is 11.3. The minimum absolute atomic E-state index is 0.167. The molecule has 1 aliphatic rings. The van der Waals surface area contributed by atoms with Gasteiger partial charge in [-0.15, -0.1) is 0 Å². The molecular formula is C26H21N3O4S. The van der Waals surface area contributed by atoms with Crippen LogP contribution in [0.25, 0.3) is 11.3 Å². The highest BCUT2D eigenvalue weighted by molar-refractivity contribution is 7.80. The number of nitrogens with zero attached hydrogens (tertiary/aromatic N) is 2. The van der Waals surface area contributed by atoms with Crippen molar-refractivity contribution in [2.24, 2.45) is 0 Å². The lowest BCUT2D eigenvalue weighted by Crippen LogP contribution is -2.29. The normalized spacial score (nSPS) is 17.6. The summed E-state index contributed by atoms with van der Waals surface area (Å²) in [5.41, 5.74) is 3.47. The molecule has 8 heteroatoms. The number of carboxylic acid groups (broad SMARTS) is 1. The van der Waals surface area contributed by atoms with Gasteiger partial charge in [-0.05, 0) is 85.4 Å². The summed E-state index contributed by atoms with van der Waals surface area (Å²) in [5, 5.41) is 22.9. The fourth-order valence-corrected chi connectivity index (χ4v) is 4.61. The van der Waals surface area contributed by atoms with Gasteiger partial charge in [-0.25, -0.2) is 4.79 Å². The molecule has 4 aromatic rings. The average Bonchev–Trinajstić information content (AvgIpc) is 3.44. The first-order valence-corrected chi connectivity index (χ1v) is 11.1. The Hall–Kier alpha value is -4.17. The number of anilines is 1. The highest BCUT2D eigenvalue weighted by Gasteiger charge is 2.42. The number of hydrogen-bond donors (Lipinski definition) is 3. The van der Waals surface area contributed by atoms with Crippen molar-refractivity contribution in [3.63, 3.8) is 0 Å². The number of nitrogens with one attached hydrogen (secondary N) is 1. The number of pyridine rings is 1. The molecule has 1 saturated heterocycles. The zero-order valence-electron chi connectivity index (χ0n) is 18.2. The van der Waals surface area contributed by atoms with Crippen molar-refractivity contribution in [3.8, 4) is 17.1 Å². The van der Waals surface area contributed by atoms with Crippen molar-refractivity contribution in [2.75, 3.05) is 4.90 Å². The Morgan fingerprint density at radius 1 is 1.09 bits per heavy atom. The lowest BCUT2D eigenvalue weighted by Gasteiger charge is -2.26. The molecule has 7 nitrogen and oxygen atoms in total. The maximum atomic E-state index is 11.3. The first-order chi connectivity index (χ1) is 16.4. The first-order valence-electron chi connectivity index (χ1n) is 10.7. The molecular weight excluding hydrogens is 450 g/mol. The number of carbonyl (C=O) groups is 1. The molecule has 0 unspecified atom stereocenters. The van der Waals surface area contributed by atoms with Crippen molar-refractivity contribution >= 4 is 29.0 Å². The number of phenolic OH excluding ortho intramolecular Hbond substituents is 1. The zero-order chi connectivity index (χ0) is 23.8. The number of aromatic carboxylic acids is 1. The minimum Gasteiger partial charge on any atom is -0.508 e. The predicted octanol–water partition coefficient (Wildman–Crippen LogP) is 5.23. The van der Waals surface area contributed by atoms with Crippen LogP contribution in [0.3, 0.4) is 0 Å². The molecule has 170 valence electrons. The molecule has 0 bridgehead atoms. The molecule has 1 fully saturated rings. The molecule has 0 amide bonds. The third kappa shape index (κ3) is 3.88. The minimum atomic E-state index is -0.969. The topological polar surface area (TPSA) is 98.8 Å². The van der Waals surface area contributed by atoms with Crippen molar-refractivity contribution in [1.29, 1.82) is 0 Å². The van der Waals surface area contributed by atoms with Crippen LogP contribution in [0.15, 0.2) is 83.4 Å². The summed E-state index contributed by atoms with van der Waals surface area (Å²) in [5.74, 6) is 0.503. The molecule has 1 aliphatic heterocycles. The quantitative estimate of drug-likeness (QED) is 0.340. The van der Waals surface area contributed by atoms with E-state index in [2.05, 4.69) is 10.3 Å². The number of furan rings is 1. The number of carboxylic acids is 1. The molecule has 2 atom stereocenters. The van der Waals surface area contributed by atoms with Crippen LogP contribution >= 0.6 is 12.2 Å². The number of aromatic nitrogens is 1. The van der Waals surface area contributed by atoms with Crippen LogP contribution < -0.4 is 10.2 Å². The van der Waals surface area contributed by atoms with Crippen molar-refractivity contribution < 1.29 is 19.4 Å². The molecule has 0 aliphatic carbocycles. The maximum Gasteiger partial charge on any atom is 0.335 e. The lowest BCUT2D eigenvalue weighted by atomic mass is 10.0. The Morgan fingerprint density at radius 3 is 2.56 bits per heavy atom. The predicted molar refractivity (Wildman–Crippen MR) is 132 cm³/mol. The zero-order valence-corrected chi connectivity index (χ0v) is 19.0. The van der Waals surface area contributed by atoms with Crippen LogP contribution in [-0.4, -0.2) is 26.3 Å². The van der Waals surface area contributed by atoms with E-state index in [0.29, 0.717) is 16.6 Å². The van der Waals surface area contributed by atoms with Gasteiger partial charge in [0.1, 0.15) is 23.3 Å². The standard InChI is InChI=1S/C26H21N3O4S/c1-15-14-16(25(31)32)5-10-19(15)21-11-12-22(33-21)24-23(20-4-2-3-13-27-20)28-26(34)29(24)17-6-8-18(30)9-7-17/h2-14,23-24,30H,1H3,(H,28,34)(H,31,32)/t23-,24-/m0/s1. The van der Waals surface area contributed by atoms with E-state index >= 15 is 0 Å². The molecule has 3 heterocycles. The molecule has 34 heavy (non-hydrogen) atoms. The average molecular weight is 472 g/mol.